The second-order valence-corrected chi connectivity index (χ2v) is 9.71. The number of rotatable bonds is 5. The van der Waals surface area contributed by atoms with E-state index in [1.165, 1.54) is 22.5 Å². The van der Waals surface area contributed by atoms with Crippen LogP contribution in [0.3, 0.4) is 0 Å². The van der Waals surface area contributed by atoms with Crippen molar-refractivity contribution in [3.05, 3.63) is 62.1 Å². The van der Waals surface area contributed by atoms with Crippen molar-refractivity contribution in [2.45, 2.75) is 31.0 Å². The van der Waals surface area contributed by atoms with Gasteiger partial charge in [0.25, 0.3) is 5.69 Å². The lowest BCUT2D eigenvalue weighted by Gasteiger charge is -2.34. The Kier molecular flexibility index (Phi) is 6.87. The Bertz CT molecular complexity index is 1130. The summed E-state index contributed by atoms with van der Waals surface area (Å²) in [6.07, 6.45) is -0.593. The van der Waals surface area contributed by atoms with Gasteiger partial charge < -0.3 is 9.47 Å². The average molecular weight is 489 g/mol. The normalized spacial score (nSPS) is 19.7. The number of esters is 1. The number of hydrogen-bond acceptors (Lipinski definition) is 7. The van der Waals surface area contributed by atoms with E-state index in [9.17, 15) is 23.3 Å². The van der Waals surface area contributed by atoms with E-state index in [2.05, 4.69) is 0 Å². The molecule has 3 rings (SSSR count). The number of ether oxygens (including phenoxy) is 2. The number of carbonyl (C=O) groups excluding carboxylic acids is 1. The van der Waals surface area contributed by atoms with Crippen molar-refractivity contribution in [1.29, 1.82) is 0 Å². The molecule has 0 saturated carbocycles. The highest BCUT2D eigenvalue weighted by Gasteiger charge is 2.34. The first-order chi connectivity index (χ1) is 14.5. The van der Waals surface area contributed by atoms with E-state index in [-0.39, 0.29) is 57.2 Å². The molecule has 31 heavy (non-hydrogen) atoms. The van der Waals surface area contributed by atoms with Gasteiger partial charge in [-0.25, -0.2) is 13.2 Å². The molecule has 1 aliphatic heterocycles. The van der Waals surface area contributed by atoms with Crippen LogP contribution in [0, 0.1) is 10.1 Å². The highest BCUT2D eigenvalue weighted by atomic mass is 35.5. The minimum Gasteiger partial charge on any atom is -0.421 e. The molecule has 0 aromatic heterocycles. The van der Waals surface area contributed by atoms with Crippen molar-refractivity contribution < 1.29 is 27.6 Å². The van der Waals surface area contributed by atoms with E-state index in [1.54, 1.807) is 13.8 Å². The van der Waals surface area contributed by atoms with Gasteiger partial charge >= 0.3 is 5.97 Å². The molecular formula is C19H18Cl2N2O7S. The molecule has 1 heterocycles. The third-order valence-electron chi connectivity index (χ3n) is 4.50. The number of halogens is 2. The molecule has 12 heteroatoms. The average Bonchev–Trinajstić information content (AvgIpc) is 2.68. The Morgan fingerprint density at radius 2 is 1.77 bits per heavy atom. The van der Waals surface area contributed by atoms with Crippen LogP contribution >= 0.6 is 23.2 Å². The molecule has 0 N–H and O–H groups in total. The first kappa shape index (κ1) is 23.4. The van der Waals surface area contributed by atoms with E-state index >= 15 is 0 Å². The van der Waals surface area contributed by atoms with Crippen molar-refractivity contribution in [3.8, 4) is 5.75 Å². The fraction of sp³-hybridized carbons (Fsp3) is 0.316. The number of hydrogen-bond donors (Lipinski definition) is 0. The summed E-state index contributed by atoms with van der Waals surface area (Å²) in [5.41, 5.74) is -0.342. The van der Waals surface area contributed by atoms with Gasteiger partial charge in [-0.2, -0.15) is 4.31 Å². The van der Waals surface area contributed by atoms with Gasteiger partial charge in [0.05, 0.1) is 32.7 Å². The zero-order valence-corrected chi connectivity index (χ0v) is 18.8. The first-order valence-corrected chi connectivity index (χ1v) is 11.3. The number of non-ortho nitro benzene ring substituents is 1. The maximum Gasteiger partial charge on any atom is 0.343 e. The predicted molar refractivity (Wildman–Crippen MR) is 113 cm³/mol. The highest BCUT2D eigenvalue weighted by Crippen LogP contribution is 2.31. The number of nitro groups is 1. The van der Waals surface area contributed by atoms with Crippen molar-refractivity contribution in [2.75, 3.05) is 13.1 Å². The van der Waals surface area contributed by atoms with Crippen molar-refractivity contribution in [2.24, 2.45) is 0 Å². The molecule has 0 radical (unpaired) electrons. The van der Waals surface area contributed by atoms with E-state index in [4.69, 9.17) is 32.7 Å². The van der Waals surface area contributed by atoms with Crippen LogP contribution in [-0.2, 0) is 14.8 Å². The quantitative estimate of drug-likeness (QED) is 0.271. The number of carbonyl (C=O) groups is 1. The molecule has 0 amide bonds. The maximum absolute atomic E-state index is 13.1. The predicted octanol–water partition coefficient (Wildman–Crippen LogP) is 3.92. The molecule has 0 spiro atoms. The Balaban J connectivity index is 1.88. The van der Waals surface area contributed by atoms with E-state index < -0.39 is 20.9 Å². The molecule has 1 fully saturated rings. The monoisotopic (exact) mass is 488 g/mol. The molecule has 0 aliphatic carbocycles. The molecule has 1 saturated heterocycles. The van der Waals surface area contributed by atoms with Crippen molar-refractivity contribution in [3.63, 3.8) is 0 Å². The molecular weight excluding hydrogens is 471 g/mol. The lowest BCUT2D eigenvalue weighted by atomic mass is 10.2. The van der Waals surface area contributed by atoms with Crippen LogP contribution in [0.2, 0.25) is 10.0 Å². The summed E-state index contributed by atoms with van der Waals surface area (Å²) < 4.78 is 38.3. The summed E-state index contributed by atoms with van der Waals surface area (Å²) in [4.78, 5) is 22.5. The zero-order valence-electron chi connectivity index (χ0n) is 16.4. The van der Waals surface area contributed by atoms with Crippen molar-refractivity contribution in [1.82, 2.24) is 4.31 Å². The maximum atomic E-state index is 13.1. The van der Waals surface area contributed by atoms with Gasteiger partial charge in [-0.15, -0.1) is 0 Å². The summed E-state index contributed by atoms with van der Waals surface area (Å²) in [5.74, 6) is -1.000. The first-order valence-electron chi connectivity index (χ1n) is 9.10. The number of nitrogens with zero attached hydrogens (tertiary/aromatic N) is 2. The summed E-state index contributed by atoms with van der Waals surface area (Å²) in [7, 11) is -4.00. The van der Waals surface area contributed by atoms with E-state index in [0.29, 0.717) is 0 Å². The third-order valence-corrected chi connectivity index (χ3v) is 7.11. The third kappa shape index (κ3) is 5.16. The van der Waals surface area contributed by atoms with Crippen LogP contribution in [0.15, 0.2) is 41.3 Å². The molecule has 2 unspecified atom stereocenters. The minimum atomic E-state index is -4.00. The Morgan fingerprint density at radius 1 is 1.13 bits per heavy atom. The lowest BCUT2D eigenvalue weighted by Crippen LogP contribution is -2.48. The fourth-order valence-electron chi connectivity index (χ4n) is 3.14. The Morgan fingerprint density at radius 3 is 2.35 bits per heavy atom. The topological polar surface area (TPSA) is 116 Å². The zero-order chi connectivity index (χ0) is 22.9. The van der Waals surface area contributed by atoms with Crippen molar-refractivity contribution >= 4 is 44.9 Å². The molecule has 2 atom stereocenters. The number of morpholine rings is 1. The van der Waals surface area contributed by atoms with Crippen LogP contribution < -0.4 is 4.74 Å². The van der Waals surface area contributed by atoms with Gasteiger partial charge in [0, 0.05) is 25.2 Å². The van der Waals surface area contributed by atoms with Gasteiger partial charge in [-0.1, -0.05) is 23.2 Å². The largest absolute Gasteiger partial charge is 0.421 e. The van der Waals surface area contributed by atoms with Gasteiger partial charge in [0.2, 0.25) is 10.0 Å². The highest BCUT2D eigenvalue weighted by molar-refractivity contribution is 7.89. The number of sulfonamides is 1. The Labute approximate surface area is 188 Å². The molecule has 2 aromatic carbocycles. The summed E-state index contributed by atoms with van der Waals surface area (Å²) >= 11 is 12.1. The second kappa shape index (κ2) is 9.09. The van der Waals surface area contributed by atoms with Gasteiger partial charge in [-0.05, 0) is 38.1 Å². The smallest absolute Gasteiger partial charge is 0.343 e. The van der Waals surface area contributed by atoms with Crippen LogP contribution in [0.1, 0.15) is 24.2 Å². The molecule has 166 valence electrons. The number of nitro benzene ring substituents is 1. The molecule has 0 bridgehead atoms. The summed E-state index contributed by atoms with van der Waals surface area (Å²) in [6.45, 7) is 3.83. The molecule has 1 aliphatic rings. The van der Waals surface area contributed by atoms with Crippen LogP contribution in [-0.4, -0.2) is 48.9 Å². The van der Waals surface area contributed by atoms with Crippen LogP contribution in [0.25, 0.3) is 0 Å². The summed E-state index contributed by atoms with van der Waals surface area (Å²) in [5, 5.41) is 10.6. The van der Waals surface area contributed by atoms with Crippen LogP contribution in [0.4, 0.5) is 5.69 Å². The van der Waals surface area contributed by atoms with Gasteiger partial charge in [0.1, 0.15) is 10.6 Å². The van der Waals surface area contributed by atoms with E-state index in [0.717, 1.165) is 18.2 Å². The summed E-state index contributed by atoms with van der Waals surface area (Å²) in [6, 6.07) is 7.09. The molecule has 9 nitrogen and oxygen atoms in total. The second-order valence-electron chi connectivity index (χ2n) is 6.99. The SMILES string of the molecule is CC1CN(S(=O)(=O)c2cc(C(=O)Oc3ccc([N+](=O)[O-])cc3Cl)ccc2Cl)CC(C)O1. The van der Waals surface area contributed by atoms with Gasteiger partial charge in [-0.3, -0.25) is 10.1 Å². The van der Waals surface area contributed by atoms with E-state index in [1.807, 2.05) is 0 Å². The van der Waals surface area contributed by atoms with Crippen LogP contribution in [0.5, 0.6) is 5.75 Å². The fourth-order valence-corrected chi connectivity index (χ4v) is 5.44. The molecule has 2 aromatic rings. The number of benzene rings is 2. The van der Waals surface area contributed by atoms with Gasteiger partial charge in [0.15, 0.2) is 0 Å². The standard InChI is InChI=1S/C19H18Cl2N2O7S/c1-11-9-22(10-12(2)29-11)31(27,28)18-7-13(3-5-15(18)20)19(24)30-17-6-4-14(23(25)26)8-16(17)21/h3-8,11-12H,9-10H2,1-2H3. The lowest BCUT2D eigenvalue weighted by molar-refractivity contribution is -0.384. The Hall–Kier alpha value is -2.24. The minimum absolute atomic E-state index is 0.0447.